The Morgan fingerprint density at radius 2 is 1.92 bits per heavy atom. The number of aryl methyl sites for hydroxylation is 2. The fourth-order valence-corrected chi connectivity index (χ4v) is 3.04. The van der Waals surface area contributed by atoms with E-state index in [1.807, 2.05) is 51.1 Å². The van der Waals surface area contributed by atoms with Crippen molar-refractivity contribution >= 4 is 10.9 Å². The van der Waals surface area contributed by atoms with Crippen LogP contribution in [0.4, 0.5) is 0 Å². The van der Waals surface area contributed by atoms with E-state index < -0.39 is 0 Å². The van der Waals surface area contributed by atoms with Crippen molar-refractivity contribution in [2.45, 2.75) is 40.2 Å². The molecule has 6 heteroatoms. The maximum atomic E-state index is 12.6. The van der Waals surface area contributed by atoms with Crippen LogP contribution in [0.1, 0.15) is 42.2 Å². The maximum absolute atomic E-state index is 12.6. The summed E-state index contributed by atoms with van der Waals surface area (Å²) in [4.78, 5) is 21.7. The van der Waals surface area contributed by atoms with Crippen molar-refractivity contribution in [3.05, 3.63) is 63.0 Å². The minimum Gasteiger partial charge on any atom is -0.266 e. The quantitative estimate of drug-likeness (QED) is 0.732. The Balaban J connectivity index is 2.13. The monoisotopic (exact) mass is 333 g/mol. The first kappa shape index (κ1) is 16.8. The highest BCUT2D eigenvalue weighted by atomic mass is 16.1. The molecule has 2 heterocycles. The van der Waals surface area contributed by atoms with Crippen LogP contribution >= 0.6 is 0 Å². The lowest BCUT2D eigenvalue weighted by molar-refractivity contribution is 0.592. The maximum Gasteiger partial charge on any atom is 0.285 e. The molecule has 0 saturated carbocycles. The van der Waals surface area contributed by atoms with E-state index in [0.717, 1.165) is 27.9 Å². The van der Waals surface area contributed by atoms with Crippen molar-refractivity contribution in [3.63, 3.8) is 0 Å². The van der Waals surface area contributed by atoms with E-state index in [0.29, 0.717) is 18.7 Å². The van der Waals surface area contributed by atoms with Crippen LogP contribution < -0.4 is 5.56 Å². The molecule has 0 bridgehead atoms. The van der Waals surface area contributed by atoms with Gasteiger partial charge in [-0.1, -0.05) is 32.0 Å². The number of aromatic nitrogens is 4. The Bertz CT molecular complexity index is 1050. The van der Waals surface area contributed by atoms with Crippen molar-refractivity contribution in [2.24, 2.45) is 0 Å². The first-order valence-electron chi connectivity index (χ1n) is 8.34. The predicted octanol–water partition coefficient (Wildman–Crippen LogP) is 2.54. The summed E-state index contributed by atoms with van der Waals surface area (Å²) in [7, 11) is 0. The van der Waals surface area contributed by atoms with Gasteiger partial charge in [0.25, 0.3) is 5.56 Å². The third kappa shape index (κ3) is 3.01. The number of fused-ring (bicyclic) bond motifs is 1. The normalized spacial score (nSPS) is 10.8. The molecule has 3 aromatic rings. The highest BCUT2D eigenvalue weighted by molar-refractivity contribution is 5.80. The van der Waals surface area contributed by atoms with Gasteiger partial charge in [-0.05, 0) is 31.4 Å². The molecule has 25 heavy (non-hydrogen) atoms. The van der Waals surface area contributed by atoms with E-state index in [9.17, 15) is 10.1 Å². The molecule has 1 aromatic carbocycles. The van der Waals surface area contributed by atoms with Gasteiger partial charge in [-0.2, -0.15) is 10.4 Å². The molecule has 126 valence electrons. The Morgan fingerprint density at radius 1 is 1.16 bits per heavy atom. The smallest absolute Gasteiger partial charge is 0.266 e. The lowest BCUT2D eigenvalue weighted by atomic mass is 10.0. The Morgan fingerprint density at radius 3 is 2.60 bits per heavy atom. The van der Waals surface area contributed by atoms with E-state index in [-0.39, 0.29) is 17.7 Å². The minimum atomic E-state index is -0.383. The second-order valence-electron chi connectivity index (χ2n) is 5.82. The summed E-state index contributed by atoms with van der Waals surface area (Å²) in [6.07, 6.45) is 1.27. The van der Waals surface area contributed by atoms with Crippen molar-refractivity contribution in [1.82, 2.24) is 19.7 Å². The van der Waals surface area contributed by atoms with E-state index in [4.69, 9.17) is 0 Å². The molecule has 0 spiro atoms. The van der Waals surface area contributed by atoms with E-state index in [1.165, 1.54) is 4.68 Å². The molecule has 0 fully saturated rings. The SMILES string of the molecule is CCc1nn(Cc2nc(C)c3ccccc3n2)c(=O)c(C#N)c1CC. The lowest BCUT2D eigenvalue weighted by Crippen LogP contribution is -2.29. The lowest BCUT2D eigenvalue weighted by Gasteiger charge is -2.12. The highest BCUT2D eigenvalue weighted by Gasteiger charge is 2.16. The van der Waals surface area contributed by atoms with Crippen LogP contribution in [-0.2, 0) is 19.4 Å². The molecule has 0 N–H and O–H groups in total. The summed E-state index contributed by atoms with van der Waals surface area (Å²) in [5.74, 6) is 0.515. The largest absolute Gasteiger partial charge is 0.285 e. The van der Waals surface area contributed by atoms with Gasteiger partial charge >= 0.3 is 0 Å². The van der Waals surface area contributed by atoms with Gasteiger partial charge in [-0.3, -0.25) is 4.79 Å². The summed E-state index contributed by atoms with van der Waals surface area (Å²) < 4.78 is 1.31. The zero-order valence-electron chi connectivity index (χ0n) is 14.6. The second kappa shape index (κ2) is 6.81. The summed E-state index contributed by atoms with van der Waals surface area (Å²) in [5.41, 5.74) is 2.99. The Labute approximate surface area is 145 Å². The topological polar surface area (TPSA) is 84.5 Å². The first-order valence-corrected chi connectivity index (χ1v) is 8.34. The van der Waals surface area contributed by atoms with Crippen LogP contribution in [0.2, 0.25) is 0 Å². The van der Waals surface area contributed by atoms with Crippen LogP contribution in [-0.4, -0.2) is 19.7 Å². The van der Waals surface area contributed by atoms with Gasteiger partial charge in [0, 0.05) is 11.1 Å². The van der Waals surface area contributed by atoms with Crippen LogP contribution in [0, 0.1) is 18.3 Å². The van der Waals surface area contributed by atoms with E-state index in [1.54, 1.807) is 0 Å². The molecule has 2 aromatic heterocycles. The molecule has 0 amide bonds. The van der Waals surface area contributed by atoms with Gasteiger partial charge in [0.05, 0.1) is 11.2 Å². The van der Waals surface area contributed by atoms with Crippen molar-refractivity contribution < 1.29 is 0 Å². The van der Waals surface area contributed by atoms with Crippen molar-refractivity contribution in [2.75, 3.05) is 0 Å². The van der Waals surface area contributed by atoms with Crippen LogP contribution in [0.25, 0.3) is 10.9 Å². The number of para-hydroxylation sites is 1. The molecule has 0 unspecified atom stereocenters. The van der Waals surface area contributed by atoms with E-state index >= 15 is 0 Å². The van der Waals surface area contributed by atoms with Crippen LogP contribution in [0.5, 0.6) is 0 Å². The molecular formula is C19H19N5O. The molecule has 0 radical (unpaired) electrons. The molecular weight excluding hydrogens is 314 g/mol. The molecule has 6 nitrogen and oxygen atoms in total. The van der Waals surface area contributed by atoms with Crippen LogP contribution in [0.15, 0.2) is 29.1 Å². The Kier molecular flexibility index (Phi) is 4.57. The third-order valence-electron chi connectivity index (χ3n) is 4.27. The summed E-state index contributed by atoms with van der Waals surface area (Å²) >= 11 is 0. The molecule has 3 rings (SSSR count). The van der Waals surface area contributed by atoms with Gasteiger partial charge < -0.3 is 0 Å². The molecule has 0 saturated heterocycles. The molecule has 0 aliphatic heterocycles. The summed E-state index contributed by atoms with van der Waals surface area (Å²) in [5, 5.41) is 14.8. The van der Waals surface area contributed by atoms with Crippen molar-refractivity contribution in [3.8, 4) is 6.07 Å². The minimum absolute atomic E-state index is 0.149. The number of hydrogen-bond acceptors (Lipinski definition) is 5. The third-order valence-corrected chi connectivity index (χ3v) is 4.27. The molecule has 0 atom stereocenters. The second-order valence-corrected chi connectivity index (χ2v) is 5.82. The number of nitrogens with zero attached hydrogens (tertiary/aromatic N) is 5. The number of nitriles is 1. The molecule has 0 aliphatic rings. The van der Waals surface area contributed by atoms with Gasteiger partial charge in [0.1, 0.15) is 18.2 Å². The van der Waals surface area contributed by atoms with Crippen molar-refractivity contribution in [1.29, 1.82) is 5.26 Å². The zero-order chi connectivity index (χ0) is 18.0. The van der Waals surface area contributed by atoms with Gasteiger partial charge in [0.2, 0.25) is 0 Å². The number of hydrogen-bond donors (Lipinski definition) is 0. The number of rotatable bonds is 4. The molecule has 0 aliphatic carbocycles. The van der Waals surface area contributed by atoms with Gasteiger partial charge in [0.15, 0.2) is 5.82 Å². The van der Waals surface area contributed by atoms with Crippen LogP contribution in [0.3, 0.4) is 0 Å². The zero-order valence-corrected chi connectivity index (χ0v) is 14.6. The standard InChI is InChI=1S/C19H19N5O/c1-4-13-15(10-20)19(25)24(23-16(13)5-2)11-18-21-12(3)14-8-6-7-9-17(14)22-18/h6-9H,4-5,11H2,1-3H3. The number of benzene rings is 1. The average molecular weight is 333 g/mol. The fraction of sp³-hybridized carbons (Fsp3) is 0.316. The fourth-order valence-electron chi connectivity index (χ4n) is 3.04. The van der Waals surface area contributed by atoms with Gasteiger partial charge in [-0.15, -0.1) is 0 Å². The average Bonchev–Trinajstić information content (AvgIpc) is 2.62. The first-order chi connectivity index (χ1) is 12.1. The van der Waals surface area contributed by atoms with Gasteiger partial charge in [-0.25, -0.2) is 14.6 Å². The summed E-state index contributed by atoms with van der Waals surface area (Å²) in [6, 6.07) is 9.80. The Hall–Kier alpha value is -3.07. The van der Waals surface area contributed by atoms with E-state index in [2.05, 4.69) is 15.1 Å². The summed E-state index contributed by atoms with van der Waals surface area (Å²) in [6.45, 7) is 5.96. The highest BCUT2D eigenvalue weighted by Crippen LogP contribution is 2.15. The predicted molar refractivity (Wildman–Crippen MR) is 95.3 cm³/mol.